The first-order chi connectivity index (χ1) is 10.6. The van der Waals surface area contributed by atoms with Gasteiger partial charge < -0.3 is 10.4 Å². The van der Waals surface area contributed by atoms with Crippen molar-refractivity contribution in [2.24, 2.45) is 5.92 Å². The lowest BCUT2D eigenvalue weighted by Crippen LogP contribution is -2.23. The molecule has 0 saturated heterocycles. The summed E-state index contributed by atoms with van der Waals surface area (Å²) in [5.74, 6) is -0.154. The fourth-order valence-electron chi connectivity index (χ4n) is 2.82. The van der Waals surface area contributed by atoms with Gasteiger partial charge in [-0.1, -0.05) is 58.3 Å². The summed E-state index contributed by atoms with van der Waals surface area (Å²) >= 11 is 0. The van der Waals surface area contributed by atoms with Gasteiger partial charge in [0.05, 0.1) is 0 Å². The van der Waals surface area contributed by atoms with Crippen molar-refractivity contribution < 1.29 is 14.7 Å². The van der Waals surface area contributed by atoms with E-state index in [2.05, 4.69) is 12.2 Å². The molecule has 0 spiro atoms. The molecule has 0 aliphatic carbocycles. The Morgan fingerprint density at radius 3 is 2.09 bits per heavy atom. The third-order valence-corrected chi connectivity index (χ3v) is 4.15. The predicted octanol–water partition coefficient (Wildman–Crippen LogP) is 4.52. The minimum atomic E-state index is -0.712. The number of hydrogen-bond donors (Lipinski definition) is 2. The standard InChI is InChI=1S/C18H35NO3/c1-3-4-5-6-7-8-9-11-17(12-10-13-18(21)22)14-15-19-16(2)20/h17H,3-15H2,1-2H3,(H,19,20)(H,21,22). The highest BCUT2D eigenvalue weighted by Gasteiger charge is 2.10. The van der Waals surface area contributed by atoms with Crippen molar-refractivity contribution >= 4 is 11.9 Å². The lowest BCUT2D eigenvalue weighted by atomic mass is 9.92. The quantitative estimate of drug-likeness (QED) is 0.437. The maximum Gasteiger partial charge on any atom is 0.303 e. The van der Waals surface area contributed by atoms with Gasteiger partial charge >= 0.3 is 5.97 Å². The van der Waals surface area contributed by atoms with E-state index in [0.717, 1.165) is 25.7 Å². The van der Waals surface area contributed by atoms with Gasteiger partial charge in [-0.2, -0.15) is 0 Å². The number of rotatable bonds is 15. The number of carboxylic acids is 1. The number of aliphatic carboxylic acids is 1. The number of carboxylic acid groups (broad SMARTS) is 1. The first-order valence-corrected chi connectivity index (χ1v) is 9.02. The molecule has 1 atom stereocenters. The number of nitrogens with one attached hydrogen (secondary N) is 1. The van der Waals surface area contributed by atoms with Crippen LogP contribution in [0.3, 0.4) is 0 Å². The van der Waals surface area contributed by atoms with Crippen molar-refractivity contribution in [1.82, 2.24) is 5.32 Å². The largest absolute Gasteiger partial charge is 0.481 e. The second kappa shape index (κ2) is 14.9. The van der Waals surface area contributed by atoms with E-state index in [9.17, 15) is 9.59 Å². The van der Waals surface area contributed by atoms with Crippen LogP contribution in [-0.4, -0.2) is 23.5 Å². The van der Waals surface area contributed by atoms with E-state index >= 15 is 0 Å². The topological polar surface area (TPSA) is 66.4 Å². The summed E-state index contributed by atoms with van der Waals surface area (Å²) in [4.78, 5) is 21.5. The monoisotopic (exact) mass is 313 g/mol. The Morgan fingerprint density at radius 2 is 1.50 bits per heavy atom. The molecule has 0 saturated carbocycles. The van der Waals surface area contributed by atoms with Crippen LogP contribution >= 0.6 is 0 Å². The summed E-state index contributed by atoms with van der Waals surface area (Å²) in [5, 5.41) is 11.6. The van der Waals surface area contributed by atoms with E-state index < -0.39 is 5.97 Å². The van der Waals surface area contributed by atoms with Crippen molar-refractivity contribution in [2.75, 3.05) is 6.54 Å². The lowest BCUT2D eigenvalue weighted by Gasteiger charge is -2.16. The van der Waals surface area contributed by atoms with E-state index in [-0.39, 0.29) is 12.3 Å². The minimum absolute atomic E-state index is 0.0141. The average Bonchev–Trinajstić information content (AvgIpc) is 2.45. The molecule has 1 unspecified atom stereocenters. The molecule has 4 heteroatoms. The van der Waals surface area contributed by atoms with Gasteiger partial charge in [-0.25, -0.2) is 0 Å². The first-order valence-electron chi connectivity index (χ1n) is 9.02. The van der Waals surface area contributed by atoms with Crippen LogP contribution in [0.1, 0.15) is 90.9 Å². The zero-order chi connectivity index (χ0) is 16.6. The third-order valence-electron chi connectivity index (χ3n) is 4.15. The molecular formula is C18H35NO3. The molecule has 0 aromatic heterocycles. The first kappa shape index (κ1) is 20.9. The highest BCUT2D eigenvalue weighted by atomic mass is 16.4. The Labute approximate surface area is 136 Å². The Bertz CT molecular complexity index is 272. The number of unbranched alkanes of at least 4 members (excludes halogenated alkanes) is 6. The summed E-state index contributed by atoms with van der Waals surface area (Å²) < 4.78 is 0. The van der Waals surface area contributed by atoms with Gasteiger partial charge in [-0.05, 0) is 25.2 Å². The van der Waals surface area contributed by atoms with Crippen molar-refractivity contribution in [1.29, 1.82) is 0 Å². The molecule has 0 fully saturated rings. The molecule has 0 bridgehead atoms. The molecular weight excluding hydrogens is 278 g/mol. The Morgan fingerprint density at radius 1 is 0.909 bits per heavy atom. The Balaban J connectivity index is 3.79. The fourth-order valence-corrected chi connectivity index (χ4v) is 2.82. The Kier molecular flexibility index (Phi) is 14.1. The van der Waals surface area contributed by atoms with E-state index in [1.807, 2.05) is 0 Å². The number of amides is 1. The van der Waals surface area contributed by atoms with Crippen LogP contribution in [0.25, 0.3) is 0 Å². The van der Waals surface area contributed by atoms with Crippen LogP contribution in [0.2, 0.25) is 0 Å². The van der Waals surface area contributed by atoms with Crippen LogP contribution in [0.5, 0.6) is 0 Å². The minimum Gasteiger partial charge on any atom is -0.481 e. The molecule has 0 rings (SSSR count). The predicted molar refractivity (Wildman–Crippen MR) is 90.9 cm³/mol. The van der Waals surface area contributed by atoms with Crippen molar-refractivity contribution in [3.63, 3.8) is 0 Å². The van der Waals surface area contributed by atoms with Crippen molar-refractivity contribution in [2.45, 2.75) is 90.9 Å². The third kappa shape index (κ3) is 15.3. The molecule has 0 radical (unpaired) electrons. The SMILES string of the molecule is CCCCCCCCCC(CCCC(=O)O)CCNC(C)=O. The summed E-state index contributed by atoms with van der Waals surface area (Å²) in [7, 11) is 0. The molecule has 0 aliphatic heterocycles. The van der Waals surface area contributed by atoms with E-state index in [4.69, 9.17) is 5.11 Å². The van der Waals surface area contributed by atoms with E-state index in [1.165, 1.54) is 51.9 Å². The maximum absolute atomic E-state index is 10.9. The highest BCUT2D eigenvalue weighted by Crippen LogP contribution is 2.20. The van der Waals surface area contributed by atoms with E-state index in [1.54, 1.807) is 0 Å². The average molecular weight is 313 g/mol. The summed E-state index contributed by atoms with van der Waals surface area (Å²) in [5.41, 5.74) is 0. The van der Waals surface area contributed by atoms with Gasteiger partial charge in [0.2, 0.25) is 5.91 Å². The van der Waals surface area contributed by atoms with Gasteiger partial charge in [0.1, 0.15) is 0 Å². The van der Waals surface area contributed by atoms with Gasteiger partial charge in [0, 0.05) is 19.9 Å². The second-order valence-corrected chi connectivity index (χ2v) is 6.33. The molecule has 130 valence electrons. The van der Waals surface area contributed by atoms with Crippen LogP contribution in [0, 0.1) is 5.92 Å². The molecule has 2 N–H and O–H groups in total. The molecule has 0 aromatic carbocycles. The molecule has 1 amide bonds. The van der Waals surface area contributed by atoms with Gasteiger partial charge in [0.25, 0.3) is 0 Å². The van der Waals surface area contributed by atoms with Crippen LogP contribution in [0.15, 0.2) is 0 Å². The van der Waals surface area contributed by atoms with Crippen molar-refractivity contribution in [3.05, 3.63) is 0 Å². The van der Waals surface area contributed by atoms with Gasteiger partial charge in [0.15, 0.2) is 0 Å². The van der Waals surface area contributed by atoms with Gasteiger partial charge in [-0.3, -0.25) is 9.59 Å². The summed E-state index contributed by atoms with van der Waals surface area (Å²) in [6.07, 6.45) is 13.2. The fraction of sp³-hybridized carbons (Fsp3) is 0.889. The Hall–Kier alpha value is -1.06. The maximum atomic E-state index is 10.9. The highest BCUT2D eigenvalue weighted by molar-refractivity contribution is 5.72. The van der Waals surface area contributed by atoms with E-state index in [0.29, 0.717) is 12.5 Å². The number of carbonyl (C=O) groups is 2. The number of hydrogen-bond acceptors (Lipinski definition) is 2. The van der Waals surface area contributed by atoms with Crippen LogP contribution < -0.4 is 5.32 Å². The molecule has 0 aliphatic rings. The zero-order valence-electron chi connectivity index (χ0n) is 14.5. The molecule has 22 heavy (non-hydrogen) atoms. The van der Waals surface area contributed by atoms with Crippen molar-refractivity contribution in [3.8, 4) is 0 Å². The summed E-state index contributed by atoms with van der Waals surface area (Å²) in [6.45, 7) is 4.48. The van der Waals surface area contributed by atoms with Crippen LogP contribution in [0.4, 0.5) is 0 Å². The summed E-state index contributed by atoms with van der Waals surface area (Å²) in [6, 6.07) is 0. The number of carbonyl (C=O) groups excluding carboxylic acids is 1. The lowest BCUT2D eigenvalue weighted by molar-refractivity contribution is -0.137. The zero-order valence-corrected chi connectivity index (χ0v) is 14.5. The molecule has 4 nitrogen and oxygen atoms in total. The second-order valence-electron chi connectivity index (χ2n) is 6.33. The molecule has 0 aromatic rings. The van der Waals surface area contributed by atoms with Crippen LogP contribution in [-0.2, 0) is 9.59 Å². The smallest absolute Gasteiger partial charge is 0.303 e. The van der Waals surface area contributed by atoms with Gasteiger partial charge in [-0.15, -0.1) is 0 Å². The normalized spacial score (nSPS) is 12.1. The molecule has 0 heterocycles.